The third kappa shape index (κ3) is 4.88. The number of carbonyl (C=O) groups is 2. The summed E-state index contributed by atoms with van der Waals surface area (Å²) in [6.45, 7) is 2.35. The number of thiophene rings is 1. The second-order valence-corrected chi connectivity index (χ2v) is 9.05. The van der Waals surface area contributed by atoms with Crippen LogP contribution in [0.5, 0.6) is 0 Å². The van der Waals surface area contributed by atoms with E-state index in [1.54, 1.807) is 18.3 Å². The summed E-state index contributed by atoms with van der Waals surface area (Å²) in [5, 5.41) is 4.71. The molecule has 0 aliphatic carbocycles. The van der Waals surface area contributed by atoms with Gasteiger partial charge in [0.05, 0.1) is 6.04 Å². The minimum atomic E-state index is -0.692. The molecule has 166 valence electrons. The number of benzene rings is 2. The van der Waals surface area contributed by atoms with Gasteiger partial charge in [-0.15, -0.1) is 11.3 Å². The van der Waals surface area contributed by atoms with Crippen molar-refractivity contribution in [2.75, 3.05) is 6.54 Å². The number of nitrogens with zero attached hydrogens (tertiary/aromatic N) is 1. The van der Waals surface area contributed by atoms with E-state index in [1.165, 1.54) is 17.0 Å². The number of amides is 2. The van der Waals surface area contributed by atoms with E-state index in [0.717, 1.165) is 23.6 Å². The van der Waals surface area contributed by atoms with Gasteiger partial charge in [-0.1, -0.05) is 37.3 Å². The minimum Gasteiger partial charge on any atom is -0.352 e. The lowest BCUT2D eigenvalue weighted by molar-refractivity contribution is -0.139. The Bertz CT molecular complexity index is 1100. The van der Waals surface area contributed by atoms with Crippen LogP contribution >= 0.6 is 11.3 Å². The molecule has 0 spiro atoms. The van der Waals surface area contributed by atoms with Crippen LogP contribution in [0.4, 0.5) is 8.78 Å². The van der Waals surface area contributed by atoms with Gasteiger partial charge in [-0.2, -0.15) is 0 Å². The van der Waals surface area contributed by atoms with Gasteiger partial charge in [-0.05, 0) is 46.7 Å². The quantitative estimate of drug-likeness (QED) is 0.579. The molecule has 0 saturated carbocycles. The van der Waals surface area contributed by atoms with Crippen molar-refractivity contribution in [3.63, 3.8) is 0 Å². The van der Waals surface area contributed by atoms with Crippen LogP contribution in [-0.2, 0) is 22.6 Å². The maximum absolute atomic E-state index is 13.4. The number of hydrogen-bond donors (Lipinski definition) is 1. The van der Waals surface area contributed by atoms with E-state index in [-0.39, 0.29) is 30.8 Å². The standard InChI is InChI=1S/C25H24F2N2O2S/c1-16(11-23(30)28-15-17-12-19(26)14-20(27)13-17)25(31)29-9-7-22-21(8-10-32-22)24(29)18-5-3-2-4-6-18/h2-6,8,10,12-14,16,24H,7,9,11,15H2,1H3,(H,28,30). The first-order valence-electron chi connectivity index (χ1n) is 10.6. The zero-order valence-corrected chi connectivity index (χ0v) is 18.5. The first-order valence-corrected chi connectivity index (χ1v) is 11.4. The number of carbonyl (C=O) groups excluding carboxylic acids is 2. The van der Waals surface area contributed by atoms with Gasteiger partial charge in [-0.3, -0.25) is 9.59 Å². The van der Waals surface area contributed by atoms with E-state index in [0.29, 0.717) is 12.1 Å². The lowest BCUT2D eigenvalue weighted by atomic mass is 9.91. The lowest BCUT2D eigenvalue weighted by Gasteiger charge is -2.37. The molecular weight excluding hydrogens is 430 g/mol. The van der Waals surface area contributed by atoms with Gasteiger partial charge >= 0.3 is 0 Å². The number of hydrogen-bond acceptors (Lipinski definition) is 3. The summed E-state index contributed by atoms with van der Waals surface area (Å²) in [6, 6.07) is 15.0. The fraction of sp³-hybridized carbons (Fsp3) is 0.280. The molecule has 3 aromatic rings. The predicted octanol–water partition coefficient (Wildman–Crippen LogP) is 4.84. The molecule has 2 unspecified atom stereocenters. The second kappa shape index (κ2) is 9.61. The molecule has 0 radical (unpaired) electrons. The van der Waals surface area contributed by atoms with E-state index >= 15 is 0 Å². The number of rotatable bonds is 6. The highest BCUT2D eigenvalue weighted by Crippen LogP contribution is 2.38. The molecule has 1 aromatic heterocycles. The van der Waals surface area contributed by atoms with Gasteiger partial charge in [0.15, 0.2) is 0 Å². The molecular formula is C25H24F2N2O2S. The van der Waals surface area contributed by atoms with Crippen LogP contribution in [0, 0.1) is 17.6 Å². The summed E-state index contributed by atoms with van der Waals surface area (Å²) in [4.78, 5) is 28.9. The number of fused-ring (bicyclic) bond motifs is 1. The second-order valence-electron chi connectivity index (χ2n) is 8.05. The molecule has 4 nitrogen and oxygen atoms in total. The first kappa shape index (κ1) is 22.1. The molecule has 1 aliphatic rings. The Morgan fingerprint density at radius 3 is 2.56 bits per heavy atom. The smallest absolute Gasteiger partial charge is 0.226 e. The van der Waals surface area contributed by atoms with Crippen molar-refractivity contribution >= 4 is 23.2 Å². The van der Waals surface area contributed by atoms with Crippen LogP contribution in [0.2, 0.25) is 0 Å². The summed E-state index contributed by atoms with van der Waals surface area (Å²) >= 11 is 1.71. The van der Waals surface area contributed by atoms with Gasteiger partial charge < -0.3 is 10.2 Å². The summed E-state index contributed by atoms with van der Waals surface area (Å²) in [7, 11) is 0. The molecule has 0 fully saturated rings. The van der Waals surface area contributed by atoms with Crippen molar-refractivity contribution in [3.05, 3.63) is 93.2 Å². The highest BCUT2D eigenvalue weighted by Gasteiger charge is 2.35. The zero-order chi connectivity index (χ0) is 22.7. The summed E-state index contributed by atoms with van der Waals surface area (Å²) in [5.41, 5.74) is 2.52. The molecule has 2 atom stereocenters. The normalized spacial score (nSPS) is 16.3. The van der Waals surface area contributed by atoms with Crippen LogP contribution in [0.15, 0.2) is 60.0 Å². The predicted molar refractivity (Wildman–Crippen MR) is 120 cm³/mol. The first-order chi connectivity index (χ1) is 15.4. The third-order valence-electron chi connectivity index (χ3n) is 5.69. The molecule has 2 aromatic carbocycles. The van der Waals surface area contributed by atoms with E-state index in [2.05, 4.69) is 16.8 Å². The monoisotopic (exact) mass is 454 g/mol. The highest BCUT2D eigenvalue weighted by atomic mass is 32.1. The van der Waals surface area contributed by atoms with Crippen molar-refractivity contribution in [2.45, 2.75) is 32.4 Å². The van der Waals surface area contributed by atoms with E-state index < -0.39 is 17.6 Å². The van der Waals surface area contributed by atoms with Crippen molar-refractivity contribution in [1.82, 2.24) is 10.2 Å². The Balaban J connectivity index is 1.43. The fourth-order valence-electron chi connectivity index (χ4n) is 4.18. The highest BCUT2D eigenvalue weighted by molar-refractivity contribution is 7.10. The van der Waals surface area contributed by atoms with Crippen molar-refractivity contribution in [1.29, 1.82) is 0 Å². The van der Waals surface area contributed by atoms with E-state index in [4.69, 9.17) is 0 Å². The van der Waals surface area contributed by atoms with Crippen molar-refractivity contribution in [3.8, 4) is 0 Å². The van der Waals surface area contributed by atoms with Crippen LogP contribution in [-0.4, -0.2) is 23.3 Å². The molecule has 0 saturated heterocycles. The van der Waals surface area contributed by atoms with Gasteiger partial charge in [0.2, 0.25) is 11.8 Å². The molecule has 1 N–H and O–H groups in total. The number of nitrogens with one attached hydrogen (secondary N) is 1. The minimum absolute atomic E-state index is 0.00302. The average molecular weight is 455 g/mol. The van der Waals surface area contributed by atoms with Crippen LogP contribution < -0.4 is 5.32 Å². The Hall–Kier alpha value is -3.06. The van der Waals surface area contributed by atoms with Gasteiger partial charge in [0, 0.05) is 36.4 Å². The van der Waals surface area contributed by atoms with E-state index in [9.17, 15) is 18.4 Å². The number of halogens is 2. The lowest BCUT2D eigenvalue weighted by Crippen LogP contribution is -2.43. The average Bonchev–Trinajstić information content (AvgIpc) is 3.25. The van der Waals surface area contributed by atoms with Gasteiger partial charge in [-0.25, -0.2) is 8.78 Å². The SMILES string of the molecule is CC(CC(=O)NCc1cc(F)cc(F)c1)C(=O)N1CCc2sccc2C1c1ccccc1. The molecule has 0 bridgehead atoms. The molecule has 1 aliphatic heterocycles. The Kier molecular flexibility index (Phi) is 6.65. The Morgan fingerprint density at radius 1 is 1.12 bits per heavy atom. The Morgan fingerprint density at radius 2 is 1.84 bits per heavy atom. The van der Waals surface area contributed by atoms with Gasteiger partial charge in [0.25, 0.3) is 0 Å². The molecule has 7 heteroatoms. The summed E-state index contributed by atoms with van der Waals surface area (Å²) in [5.74, 6) is -2.32. The van der Waals surface area contributed by atoms with Crippen molar-refractivity contribution < 1.29 is 18.4 Å². The molecule has 2 heterocycles. The Labute approximate surface area is 189 Å². The van der Waals surface area contributed by atoms with Crippen LogP contribution in [0.1, 0.15) is 41.0 Å². The fourth-order valence-corrected chi connectivity index (χ4v) is 5.09. The molecule has 2 amide bonds. The molecule has 32 heavy (non-hydrogen) atoms. The topological polar surface area (TPSA) is 49.4 Å². The van der Waals surface area contributed by atoms with Crippen LogP contribution in [0.25, 0.3) is 0 Å². The van der Waals surface area contributed by atoms with Crippen molar-refractivity contribution in [2.24, 2.45) is 5.92 Å². The summed E-state index contributed by atoms with van der Waals surface area (Å²) in [6.07, 6.45) is 0.803. The largest absolute Gasteiger partial charge is 0.352 e. The maximum Gasteiger partial charge on any atom is 0.226 e. The third-order valence-corrected chi connectivity index (χ3v) is 6.69. The zero-order valence-electron chi connectivity index (χ0n) is 17.7. The van der Waals surface area contributed by atoms with Gasteiger partial charge in [0.1, 0.15) is 11.6 Å². The maximum atomic E-state index is 13.4. The molecule has 4 rings (SSSR count). The summed E-state index contributed by atoms with van der Waals surface area (Å²) < 4.78 is 26.7. The van der Waals surface area contributed by atoms with E-state index in [1.807, 2.05) is 35.2 Å². The van der Waals surface area contributed by atoms with Crippen LogP contribution in [0.3, 0.4) is 0 Å².